The van der Waals surface area contributed by atoms with E-state index in [1.165, 1.54) is 23.4 Å². The fourth-order valence-corrected chi connectivity index (χ4v) is 5.77. The van der Waals surface area contributed by atoms with Crippen LogP contribution in [0, 0.1) is 0 Å². The van der Waals surface area contributed by atoms with E-state index in [1.807, 2.05) is 30.5 Å². The number of carbonyl (C=O) groups excluding carboxylic acids is 1. The highest BCUT2D eigenvalue weighted by Gasteiger charge is 2.24. The molecule has 1 amide bonds. The van der Waals surface area contributed by atoms with Gasteiger partial charge in [0, 0.05) is 44.2 Å². The molecule has 2 aliphatic heterocycles. The number of benzene rings is 2. The Morgan fingerprint density at radius 1 is 1.00 bits per heavy atom. The number of rotatable bonds is 8. The van der Waals surface area contributed by atoms with Gasteiger partial charge in [0.2, 0.25) is 10.0 Å². The van der Waals surface area contributed by atoms with Crippen molar-refractivity contribution in [1.82, 2.24) is 14.5 Å². The van der Waals surface area contributed by atoms with Gasteiger partial charge in [-0.1, -0.05) is 24.3 Å². The van der Waals surface area contributed by atoms with Crippen molar-refractivity contribution >= 4 is 27.7 Å². The van der Waals surface area contributed by atoms with Crippen molar-refractivity contribution in [3.63, 3.8) is 0 Å². The van der Waals surface area contributed by atoms with Gasteiger partial charge < -0.3 is 9.64 Å². The van der Waals surface area contributed by atoms with Crippen LogP contribution in [0.15, 0.2) is 52.3 Å². The number of amides is 1. The largest absolute Gasteiger partial charge is 0.379 e. The highest BCUT2D eigenvalue weighted by Crippen LogP contribution is 2.26. The van der Waals surface area contributed by atoms with Crippen molar-refractivity contribution < 1.29 is 17.9 Å². The standard InChI is InChI=1S/C24H31N3O4S2/c1-32-23-9-8-21(16-22(23)24(28)27-10-2-3-11-27)33(29,30)25-17-19-4-6-20(7-5-19)18-26-12-14-31-15-13-26/h4-9,16,25H,2-3,10-15,17-18H2,1H3. The lowest BCUT2D eigenvalue weighted by atomic mass is 10.1. The summed E-state index contributed by atoms with van der Waals surface area (Å²) in [5, 5.41) is 0. The molecule has 4 rings (SSSR count). The molecule has 7 nitrogen and oxygen atoms in total. The zero-order chi connectivity index (χ0) is 23.3. The van der Waals surface area contributed by atoms with Crippen LogP contribution in [-0.4, -0.2) is 69.8 Å². The van der Waals surface area contributed by atoms with Crippen LogP contribution in [0.2, 0.25) is 0 Å². The minimum atomic E-state index is -3.75. The predicted octanol–water partition coefficient (Wildman–Crippen LogP) is 2.96. The Morgan fingerprint density at radius 3 is 2.33 bits per heavy atom. The molecule has 2 aromatic rings. The number of hydrogen-bond acceptors (Lipinski definition) is 6. The topological polar surface area (TPSA) is 79.0 Å². The molecule has 1 N–H and O–H groups in total. The molecule has 0 spiro atoms. The third-order valence-corrected chi connectivity index (χ3v) is 8.30. The van der Waals surface area contributed by atoms with E-state index in [2.05, 4.69) is 9.62 Å². The molecular formula is C24H31N3O4S2. The summed E-state index contributed by atoms with van der Waals surface area (Å²) in [6.45, 7) is 5.90. The second-order valence-electron chi connectivity index (χ2n) is 8.39. The Bertz CT molecular complexity index is 1060. The Morgan fingerprint density at radius 2 is 1.67 bits per heavy atom. The lowest BCUT2D eigenvalue weighted by Gasteiger charge is -2.26. The van der Waals surface area contributed by atoms with Gasteiger partial charge in [-0.05, 0) is 48.4 Å². The minimum Gasteiger partial charge on any atom is -0.379 e. The molecule has 0 bridgehead atoms. The number of carbonyl (C=O) groups is 1. The van der Waals surface area contributed by atoms with E-state index in [4.69, 9.17) is 4.74 Å². The summed E-state index contributed by atoms with van der Waals surface area (Å²) in [5.74, 6) is -0.0928. The minimum absolute atomic E-state index is 0.0928. The van der Waals surface area contributed by atoms with Crippen LogP contribution in [-0.2, 0) is 27.8 Å². The highest BCUT2D eigenvalue weighted by atomic mass is 32.2. The third kappa shape index (κ3) is 6.16. The van der Waals surface area contributed by atoms with E-state index in [1.54, 1.807) is 17.0 Å². The maximum absolute atomic E-state index is 13.0. The van der Waals surface area contributed by atoms with Gasteiger partial charge in [-0.2, -0.15) is 0 Å². The lowest BCUT2D eigenvalue weighted by molar-refractivity contribution is 0.0342. The molecule has 2 aromatic carbocycles. The first-order valence-electron chi connectivity index (χ1n) is 11.3. The van der Waals surface area contributed by atoms with Gasteiger partial charge in [0.1, 0.15) is 0 Å². The number of nitrogens with zero attached hydrogens (tertiary/aromatic N) is 2. The summed E-state index contributed by atoms with van der Waals surface area (Å²) in [7, 11) is -3.75. The van der Waals surface area contributed by atoms with Crippen molar-refractivity contribution in [2.45, 2.75) is 35.7 Å². The predicted molar refractivity (Wildman–Crippen MR) is 130 cm³/mol. The number of nitrogens with one attached hydrogen (secondary N) is 1. The SMILES string of the molecule is CSc1ccc(S(=O)(=O)NCc2ccc(CN3CCOCC3)cc2)cc1C(=O)N1CCCC1. The quantitative estimate of drug-likeness (QED) is 0.575. The van der Waals surface area contributed by atoms with Crippen molar-refractivity contribution in [1.29, 1.82) is 0 Å². The van der Waals surface area contributed by atoms with Crippen LogP contribution in [0.1, 0.15) is 34.3 Å². The van der Waals surface area contributed by atoms with E-state index in [-0.39, 0.29) is 17.3 Å². The number of likely N-dealkylation sites (tertiary alicyclic amines) is 1. The second kappa shape index (κ2) is 11.0. The molecule has 0 unspecified atom stereocenters. The van der Waals surface area contributed by atoms with E-state index in [0.29, 0.717) is 5.56 Å². The van der Waals surface area contributed by atoms with Gasteiger partial charge in [-0.25, -0.2) is 13.1 Å². The number of hydrogen-bond donors (Lipinski definition) is 1. The number of ether oxygens (including phenoxy) is 1. The summed E-state index contributed by atoms with van der Waals surface area (Å²) in [5.41, 5.74) is 2.54. The summed E-state index contributed by atoms with van der Waals surface area (Å²) in [6.07, 6.45) is 3.88. The average Bonchev–Trinajstić information content (AvgIpc) is 3.38. The van der Waals surface area contributed by atoms with Gasteiger partial charge in [-0.3, -0.25) is 9.69 Å². The van der Waals surface area contributed by atoms with Crippen LogP contribution >= 0.6 is 11.8 Å². The molecule has 2 saturated heterocycles. The summed E-state index contributed by atoms with van der Waals surface area (Å²) >= 11 is 1.45. The van der Waals surface area contributed by atoms with Crippen LogP contribution in [0.25, 0.3) is 0 Å². The van der Waals surface area contributed by atoms with Crippen molar-refractivity contribution in [3.05, 3.63) is 59.2 Å². The molecule has 0 aromatic heterocycles. The van der Waals surface area contributed by atoms with Gasteiger partial charge in [0.25, 0.3) is 5.91 Å². The summed E-state index contributed by atoms with van der Waals surface area (Å²) in [6, 6.07) is 12.8. The normalized spacial score (nSPS) is 17.4. The van der Waals surface area contributed by atoms with Crippen LogP contribution < -0.4 is 4.72 Å². The number of sulfonamides is 1. The first kappa shape index (κ1) is 24.2. The molecule has 178 valence electrons. The maximum Gasteiger partial charge on any atom is 0.255 e. The van der Waals surface area contributed by atoms with Gasteiger partial charge in [0.05, 0.1) is 23.7 Å². The molecule has 33 heavy (non-hydrogen) atoms. The molecule has 9 heteroatoms. The van der Waals surface area contributed by atoms with Gasteiger partial charge in [-0.15, -0.1) is 11.8 Å². The monoisotopic (exact) mass is 489 g/mol. The van der Waals surface area contributed by atoms with E-state index < -0.39 is 10.0 Å². The first-order valence-corrected chi connectivity index (χ1v) is 14.0. The fraction of sp³-hybridized carbons (Fsp3) is 0.458. The van der Waals surface area contributed by atoms with E-state index in [9.17, 15) is 13.2 Å². The molecule has 0 saturated carbocycles. The maximum atomic E-state index is 13.0. The smallest absolute Gasteiger partial charge is 0.255 e. The molecule has 2 fully saturated rings. The number of thioether (sulfide) groups is 1. The summed E-state index contributed by atoms with van der Waals surface area (Å²) < 4.78 is 34.0. The number of morpholine rings is 1. The van der Waals surface area contributed by atoms with E-state index >= 15 is 0 Å². The third-order valence-electron chi connectivity index (χ3n) is 6.10. The molecule has 0 radical (unpaired) electrons. The fourth-order valence-electron chi connectivity index (χ4n) is 4.15. The Labute approximate surface area is 200 Å². The average molecular weight is 490 g/mol. The van der Waals surface area contributed by atoms with Gasteiger partial charge >= 0.3 is 0 Å². The van der Waals surface area contributed by atoms with Crippen molar-refractivity contribution in [2.75, 3.05) is 45.6 Å². The first-order chi connectivity index (χ1) is 16.0. The Kier molecular flexibility index (Phi) is 8.08. The second-order valence-corrected chi connectivity index (χ2v) is 11.0. The molecule has 2 aliphatic rings. The van der Waals surface area contributed by atoms with Crippen LogP contribution in [0.4, 0.5) is 0 Å². The molecular weight excluding hydrogens is 458 g/mol. The highest BCUT2D eigenvalue weighted by molar-refractivity contribution is 7.98. The van der Waals surface area contributed by atoms with Crippen molar-refractivity contribution in [3.8, 4) is 0 Å². The zero-order valence-corrected chi connectivity index (χ0v) is 20.6. The Hall–Kier alpha value is -1.91. The summed E-state index contributed by atoms with van der Waals surface area (Å²) in [4.78, 5) is 18.0. The Balaban J connectivity index is 1.41. The molecule has 0 atom stereocenters. The van der Waals surface area contributed by atoms with Crippen LogP contribution in [0.3, 0.4) is 0 Å². The zero-order valence-electron chi connectivity index (χ0n) is 19.0. The molecule has 0 aliphatic carbocycles. The van der Waals surface area contributed by atoms with E-state index in [0.717, 1.165) is 69.2 Å². The van der Waals surface area contributed by atoms with Crippen molar-refractivity contribution in [2.24, 2.45) is 0 Å². The van der Waals surface area contributed by atoms with Gasteiger partial charge in [0.15, 0.2) is 0 Å². The molecule has 2 heterocycles. The lowest BCUT2D eigenvalue weighted by Crippen LogP contribution is -2.35. The van der Waals surface area contributed by atoms with Crippen LogP contribution in [0.5, 0.6) is 0 Å².